The van der Waals surface area contributed by atoms with Crippen molar-refractivity contribution in [2.24, 2.45) is 5.84 Å². The van der Waals surface area contributed by atoms with Gasteiger partial charge >= 0.3 is 0 Å². The quantitative estimate of drug-likeness (QED) is 0.504. The van der Waals surface area contributed by atoms with E-state index in [1.165, 1.54) is 6.20 Å². The van der Waals surface area contributed by atoms with E-state index in [1.807, 2.05) is 24.3 Å². The summed E-state index contributed by atoms with van der Waals surface area (Å²) in [6, 6.07) is 12.7. The molecule has 104 valence electrons. The summed E-state index contributed by atoms with van der Waals surface area (Å²) >= 11 is 0. The average molecular weight is 279 g/mol. The van der Waals surface area contributed by atoms with E-state index in [-0.39, 0.29) is 11.6 Å². The smallest absolute Gasteiger partial charge is 0.274 e. The van der Waals surface area contributed by atoms with Gasteiger partial charge in [-0.25, -0.2) is 0 Å². The highest BCUT2D eigenvalue weighted by atomic mass is 16.1. The second kappa shape index (κ2) is 5.56. The summed E-state index contributed by atoms with van der Waals surface area (Å²) in [5.41, 5.74) is 4.76. The van der Waals surface area contributed by atoms with Gasteiger partial charge in [-0.05, 0) is 24.3 Å². The molecular weight excluding hydrogens is 266 g/mol. The molecular formula is C15H13N5O. The SMILES string of the molecule is NNc1ccnc(C(=O)Nc2cccc3cccnc23)c1. The lowest BCUT2D eigenvalue weighted by Crippen LogP contribution is -2.15. The van der Waals surface area contributed by atoms with Crippen LogP contribution in [-0.4, -0.2) is 15.9 Å². The predicted octanol–water partition coefficient (Wildman–Crippen LogP) is 2.17. The molecule has 0 aliphatic heterocycles. The van der Waals surface area contributed by atoms with Crippen molar-refractivity contribution in [2.45, 2.75) is 0 Å². The van der Waals surface area contributed by atoms with Gasteiger partial charge in [-0.3, -0.25) is 20.6 Å². The summed E-state index contributed by atoms with van der Waals surface area (Å²) < 4.78 is 0. The number of pyridine rings is 2. The summed E-state index contributed by atoms with van der Waals surface area (Å²) in [5, 5.41) is 3.78. The molecule has 2 heterocycles. The van der Waals surface area contributed by atoms with Crippen LogP contribution in [0.25, 0.3) is 10.9 Å². The summed E-state index contributed by atoms with van der Waals surface area (Å²) in [6.45, 7) is 0. The Labute approximate surface area is 121 Å². The van der Waals surface area contributed by atoms with Gasteiger partial charge in [0.25, 0.3) is 5.91 Å². The first kappa shape index (κ1) is 13.0. The van der Waals surface area contributed by atoms with Crippen LogP contribution in [0.4, 0.5) is 11.4 Å². The number of aromatic nitrogens is 2. The minimum Gasteiger partial charge on any atom is -0.324 e. The van der Waals surface area contributed by atoms with Crippen molar-refractivity contribution in [1.29, 1.82) is 0 Å². The number of carbonyl (C=O) groups is 1. The van der Waals surface area contributed by atoms with Crippen LogP contribution in [0.5, 0.6) is 0 Å². The van der Waals surface area contributed by atoms with Gasteiger partial charge in [0.1, 0.15) is 5.69 Å². The van der Waals surface area contributed by atoms with Crippen LogP contribution in [0.2, 0.25) is 0 Å². The van der Waals surface area contributed by atoms with Crippen LogP contribution in [0, 0.1) is 0 Å². The zero-order valence-corrected chi connectivity index (χ0v) is 11.1. The van der Waals surface area contributed by atoms with Gasteiger partial charge in [0.2, 0.25) is 0 Å². The Morgan fingerprint density at radius 1 is 1.05 bits per heavy atom. The number of hydrazine groups is 1. The van der Waals surface area contributed by atoms with Crippen LogP contribution in [0.3, 0.4) is 0 Å². The molecule has 4 N–H and O–H groups in total. The van der Waals surface area contributed by atoms with Crippen molar-refractivity contribution < 1.29 is 4.79 Å². The number of nitrogens with one attached hydrogen (secondary N) is 2. The van der Waals surface area contributed by atoms with Gasteiger partial charge in [0.15, 0.2) is 0 Å². The molecule has 0 fully saturated rings. The largest absolute Gasteiger partial charge is 0.324 e. The number of anilines is 2. The maximum atomic E-state index is 12.3. The molecule has 0 bridgehead atoms. The van der Waals surface area contributed by atoms with E-state index in [0.717, 1.165) is 10.9 Å². The van der Waals surface area contributed by atoms with Crippen molar-refractivity contribution >= 4 is 28.2 Å². The highest BCUT2D eigenvalue weighted by Crippen LogP contribution is 2.21. The number of hydrogen-bond acceptors (Lipinski definition) is 5. The number of para-hydroxylation sites is 1. The van der Waals surface area contributed by atoms with E-state index in [4.69, 9.17) is 5.84 Å². The fourth-order valence-corrected chi connectivity index (χ4v) is 2.04. The van der Waals surface area contributed by atoms with Crippen molar-refractivity contribution in [3.05, 3.63) is 60.6 Å². The first-order valence-corrected chi connectivity index (χ1v) is 6.36. The van der Waals surface area contributed by atoms with E-state index in [0.29, 0.717) is 11.4 Å². The summed E-state index contributed by atoms with van der Waals surface area (Å²) in [5.74, 6) is 5.01. The second-order valence-electron chi connectivity index (χ2n) is 4.41. The third-order valence-corrected chi connectivity index (χ3v) is 3.04. The van der Waals surface area contributed by atoms with Gasteiger partial charge < -0.3 is 10.7 Å². The number of nitrogens with two attached hydrogens (primary N) is 1. The van der Waals surface area contributed by atoms with E-state index >= 15 is 0 Å². The summed E-state index contributed by atoms with van der Waals surface area (Å²) in [7, 11) is 0. The Hall–Kier alpha value is -2.99. The summed E-state index contributed by atoms with van der Waals surface area (Å²) in [4.78, 5) is 20.6. The van der Waals surface area contributed by atoms with E-state index in [1.54, 1.807) is 24.4 Å². The van der Waals surface area contributed by atoms with Crippen LogP contribution >= 0.6 is 0 Å². The van der Waals surface area contributed by atoms with Crippen molar-refractivity contribution in [1.82, 2.24) is 9.97 Å². The molecule has 2 aromatic heterocycles. The molecule has 0 saturated heterocycles. The Kier molecular flexibility index (Phi) is 3.44. The van der Waals surface area contributed by atoms with Gasteiger partial charge in [0, 0.05) is 17.8 Å². The standard InChI is InChI=1S/C15H13N5O/c16-20-11-6-8-17-13(9-11)15(21)19-12-5-1-3-10-4-2-7-18-14(10)12/h1-9H,16H2,(H,17,20)(H,19,21). The lowest BCUT2D eigenvalue weighted by Gasteiger charge is -2.08. The first-order chi connectivity index (χ1) is 10.3. The molecule has 0 unspecified atom stereocenters. The number of nitrogen functional groups attached to an aromatic ring is 1. The number of nitrogens with zero attached hydrogens (tertiary/aromatic N) is 2. The topological polar surface area (TPSA) is 92.9 Å². The highest BCUT2D eigenvalue weighted by molar-refractivity contribution is 6.07. The third-order valence-electron chi connectivity index (χ3n) is 3.04. The average Bonchev–Trinajstić information content (AvgIpc) is 2.55. The molecule has 21 heavy (non-hydrogen) atoms. The number of benzene rings is 1. The van der Waals surface area contributed by atoms with Crippen molar-refractivity contribution in [3.8, 4) is 0 Å². The number of rotatable bonds is 3. The molecule has 0 spiro atoms. The minimum atomic E-state index is -0.315. The lowest BCUT2D eigenvalue weighted by molar-refractivity contribution is 0.102. The minimum absolute atomic E-state index is 0.276. The second-order valence-corrected chi connectivity index (χ2v) is 4.41. The van der Waals surface area contributed by atoms with Crippen molar-refractivity contribution in [3.63, 3.8) is 0 Å². The van der Waals surface area contributed by atoms with Crippen LogP contribution in [0.1, 0.15) is 10.5 Å². The lowest BCUT2D eigenvalue weighted by atomic mass is 10.2. The molecule has 6 heteroatoms. The molecule has 1 aromatic carbocycles. The molecule has 0 atom stereocenters. The van der Waals surface area contributed by atoms with Crippen LogP contribution < -0.4 is 16.6 Å². The predicted molar refractivity (Wildman–Crippen MR) is 81.7 cm³/mol. The number of carbonyl (C=O) groups excluding carboxylic acids is 1. The normalized spacial score (nSPS) is 10.3. The maximum absolute atomic E-state index is 12.3. The Morgan fingerprint density at radius 2 is 1.90 bits per heavy atom. The highest BCUT2D eigenvalue weighted by Gasteiger charge is 2.10. The number of amides is 1. The molecule has 6 nitrogen and oxygen atoms in total. The molecule has 0 radical (unpaired) electrons. The molecule has 3 aromatic rings. The van der Waals surface area contributed by atoms with Gasteiger partial charge in [-0.15, -0.1) is 0 Å². The van der Waals surface area contributed by atoms with Crippen LogP contribution in [-0.2, 0) is 0 Å². The Bertz CT molecular complexity index is 797. The molecule has 1 amide bonds. The number of fused-ring (bicyclic) bond motifs is 1. The van der Waals surface area contributed by atoms with E-state index in [2.05, 4.69) is 20.7 Å². The fourth-order valence-electron chi connectivity index (χ4n) is 2.04. The molecule has 3 rings (SSSR count). The monoisotopic (exact) mass is 279 g/mol. The van der Waals surface area contributed by atoms with E-state index < -0.39 is 0 Å². The van der Waals surface area contributed by atoms with E-state index in [9.17, 15) is 4.79 Å². The fraction of sp³-hybridized carbons (Fsp3) is 0. The van der Waals surface area contributed by atoms with Gasteiger partial charge in [-0.1, -0.05) is 18.2 Å². The third kappa shape index (κ3) is 2.65. The summed E-state index contributed by atoms with van der Waals surface area (Å²) in [6.07, 6.45) is 3.21. The molecule has 0 saturated carbocycles. The Morgan fingerprint density at radius 3 is 2.76 bits per heavy atom. The van der Waals surface area contributed by atoms with Crippen molar-refractivity contribution in [2.75, 3.05) is 10.7 Å². The zero-order chi connectivity index (χ0) is 14.7. The Balaban J connectivity index is 1.93. The molecule has 0 aliphatic rings. The number of hydrogen-bond donors (Lipinski definition) is 3. The zero-order valence-electron chi connectivity index (χ0n) is 11.1. The van der Waals surface area contributed by atoms with Gasteiger partial charge in [-0.2, -0.15) is 0 Å². The maximum Gasteiger partial charge on any atom is 0.274 e. The first-order valence-electron chi connectivity index (χ1n) is 6.36. The van der Waals surface area contributed by atoms with Gasteiger partial charge in [0.05, 0.1) is 16.9 Å². The van der Waals surface area contributed by atoms with Crippen LogP contribution in [0.15, 0.2) is 54.9 Å². The molecule has 0 aliphatic carbocycles.